The largest absolute Gasteiger partial charge is 0.478 e. The van der Waals surface area contributed by atoms with E-state index in [1.165, 1.54) is 24.3 Å². The van der Waals surface area contributed by atoms with Crippen molar-refractivity contribution in [3.8, 4) is 0 Å². The molecule has 0 atom stereocenters. The zero-order chi connectivity index (χ0) is 14.9. The molecule has 0 unspecified atom stereocenters. The maximum atomic E-state index is 12.0. The number of carbonyl (C=O) groups is 2. The fraction of sp³-hybridized carbons (Fsp3) is 0.0769. The number of aromatic amines is 1. The molecule has 2 aromatic rings. The minimum absolute atomic E-state index is 0.139. The predicted octanol–water partition coefficient (Wildman–Crippen LogP) is 3.58. The Kier molecular flexibility index (Phi) is 4.01. The zero-order valence-electron chi connectivity index (χ0n) is 10.3. The highest BCUT2D eigenvalue weighted by atomic mass is 35.5. The molecule has 0 saturated heterocycles. The SMILES string of the molecule is Cc1[nH]c(C(=O)Nc2ccc(C(=O)O)cc2)c(Cl)c1Cl. The van der Waals surface area contributed by atoms with E-state index >= 15 is 0 Å². The number of benzene rings is 1. The van der Waals surface area contributed by atoms with Crippen LogP contribution in [0.25, 0.3) is 0 Å². The molecule has 104 valence electrons. The van der Waals surface area contributed by atoms with Crippen LogP contribution >= 0.6 is 23.2 Å². The van der Waals surface area contributed by atoms with Crippen LogP contribution in [0.3, 0.4) is 0 Å². The average Bonchev–Trinajstić information content (AvgIpc) is 2.67. The Morgan fingerprint density at radius 2 is 1.75 bits per heavy atom. The minimum atomic E-state index is -1.03. The molecule has 1 aromatic heterocycles. The van der Waals surface area contributed by atoms with Crippen molar-refractivity contribution in [2.24, 2.45) is 0 Å². The summed E-state index contributed by atoms with van der Waals surface area (Å²) in [5, 5.41) is 11.8. The number of nitrogens with one attached hydrogen (secondary N) is 2. The third kappa shape index (κ3) is 2.79. The summed E-state index contributed by atoms with van der Waals surface area (Å²) in [6.45, 7) is 1.70. The second-order valence-electron chi connectivity index (χ2n) is 4.09. The van der Waals surface area contributed by atoms with Crippen LogP contribution in [0.15, 0.2) is 24.3 Å². The molecule has 0 radical (unpaired) electrons. The molecule has 2 rings (SSSR count). The summed E-state index contributed by atoms with van der Waals surface area (Å²) in [6.07, 6.45) is 0. The van der Waals surface area contributed by atoms with Gasteiger partial charge in [-0.25, -0.2) is 4.79 Å². The molecule has 5 nitrogen and oxygen atoms in total. The number of carboxylic acid groups (broad SMARTS) is 1. The molecular formula is C13H10Cl2N2O3. The van der Waals surface area contributed by atoms with Crippen molar-refractivity contribution in [2.75, 3.05) is 5.32 Å². The van der Waals surface area contributed by atoms with Gasteiger partial charge in [0.2, 0.25) is 0 Å². The summed E-state index contributed by atoms with van der Waals surface area (Å²) < 4.78 is 0. The Hall–Kier alpha value is -1.98. The monoisotopic (exact) mass is 312 g/mol. The average molecular weight is 313 g/mol. The number of amides is 1. The maximum Gasteiger partial charge on any atom is 0.335 e. The van der Waals surface area contributed by atoms with E-state index in [9.17, 15) is 9.59 Å². The number of aromatic nitrogens is 1. The van der Waals surface area contributed by atoms with Crippen LogP contribution in [0, 0.1) is 6.92 Å². The standard InChI is InChI=1S/C13H10Cl2N2O3/c1-6-9(14)10(15)11(16-6)12(18)17-8-4-2-7(3-5-8)13(19)20/h2-5,16H,1H3,(H,17,18)(H,19,20). The predicted molar refractivity (Wildman–Crippen MR) is 76.9 cm³/mol. The summed E-state index contributed by atoms with van der Waals surface area (Å²) >= 11 is 11.8. The van der Waals surface area contributed by atoms with Crippen LogP contribution in [-0.2, 0) is 0 Å². The van der Waals surface area contributed by atoms with Gasteiger partial charge in [-0.3, -0.25) is 4.79 Å². The minimum Gasteiger partial charge on any atom is -0.478 e. The first-order chi connectivity index (χ1) is 9.40. The quantitative estimate of drug-likeness (QED) is 0.810. The zero-order valence-corrected chi connectivity index (χ0v) is 11.8. The van der Waals surface area contributed by atoms with E-state index in [4.69, 9.17) is 28.3 Å². The van der Waals surface area contributed by atoms with Crippen LogP contribution in [0.2, 0.25) is 10.0 Å². The molecule has 0 fully saturated rings. The van der Waals surface area contributed by atoms with E-state index in [0.29, 0.717) is 16.4 Å². The number of anilines is 1. The van der Waals surface area contributed by atoms with Crippen molar-refractivity contribution in [1.82, 2.24) is 4.98 Å². The lowest BCUT2D eigenvalue weighted by molar-refractivity contribution is 0.0696. The van der Waals surface area contributed by atoms with Gasteiger partial charge in [0, 0.05) is 11.4 Å². The normalized spacial score (nSPS) is 10.3. The van der Waals surface area contributed by atoms with Gasteiger partial charge in [-0.2, -0.15) is 0 Å². The summed E-state index contributed by atoms with van der Waals surface area (Å²) in [6, 6.07) is 5.78. The molecule has 7 heteroatoms. The Bertz CT molecular complexity index is 678. The first kappa shape index (κ1) is 14.4. The van der Waals surface area contributed by atoms with Gasteiger partial charge >= 0.3 is 5.97 Å². The van der Waals surface area contributed by atoms with Gasteiger partial charge in [-0.1, -0.05) is 23.2 Å². The second kappa shape index (κ2) is 5.56. The topological polar surface area (TPSA) is 82.2 Å². The van der Waals surface area contributed by atoms with Gasteiger partial charge < -0.3 is 15.4 Å². The highest BCUT2D eigenvalue weighted by Gasteiger charge is 2.18. The third-order valence-corrected chi connectivity index (χ3v) is 3.62. The van der Waals surface area contributed by atoms with Gasteiger partial charge in [0.15, 0.2) is 0 Å². The van der Waals surface area contributed by atoms with Crippen LogP contribution in [-0.4, -0.2) is 22.0 Å². The van der Waals surface area contributed by atoms with E-state index in [0.717, 1.165) is 0 Å². The lowest BCUT2D eigenvalue weighted by Gasteiger charge is -2.04. The molecule has 0 saturated carbocycles. The van der Waals surface area contributed by atoms with E-state index in [2.05, 4.69) is 10.3 Å². The molecular weight excluding hydrogens is 303 g/mol. The van der Waals surface area contributed by atoms with E-state index in [1.807, 2.05) is 0 Å². The van der Waals surface area contributed by atoms with E-state index in [-0.39, 0.29) is 16.3 Å². The Morgan fingerprint density at radius 1 is 1.15 bits per heavy atom. The highest BCUT2D eigenvalue weighted by molar-refractivity contribution is 6.44. The molecule has 0 aliphatic heterocycles. The fourth-order valence-corrected chi connectivity index (χ4v) is 2.03. The molecule has 0 bridgehead atoms. The summed E-state index contributed by atoms with van der Waals surface area (Å²) in [5.41, 5.74) is 1.36. The molecule has 1 aromatic carbocycles. The van der Waals surface area contributed by atoms with Crippen LogP contribution in [0.5, 0.6) is 0 Å². The number of carboxylic acids is 1. The lowest BCUT2D eigenvalue weighted by atomic mass is 10.2. The van der Waals surface area contributed by atoms with Crippen molar-refractivity contribution < 1.29 is 14.7 Å². The molecule has 0 aliphatic rings. The molecule has 3 N–H and O–H groups in total. The van der Waals surface area contributed by atoms with Crippen molar-refractivity contribution in [3.63, 3.8) is 0 Å². The highest BCUT2D eigenvalue weighted by Crippen LogP contribution is 2.29. The number of carbonyl (C=O) groups excluding carboxylic acids is 1. The number of halogens is 2. The van der Waals surface area contributed by atoms with Crippen molar-refractivity contribution in [2.45, 2.75) is 6.92 Å². The van der Waals surface area contributed by atoms with Crippen LogP contribution < -0.4 is 5.32 Å². The lowest BCUT2D eigenvalue weighted by Crippen LogP contribution is -2.13. The van der Waals surface area contributed by atoms with Crippen molar-refractivity contribution in [3.05, 3.63) is 51.3 Å². The Morgan fingerprint density at radius 3 is 2.20 bits per heavy atom. The smallest absolute Gasteiger partial charge is 0.335 e. The summed E-state index contributed by atoms with van der Waals surface area (Å²) in [7, 11) is 0. The van der Waals surface area contributed by atoms with Crippen molar-refractivity contribution in [1.29, 1.82) is 0 Å². The molecule has 1 heterocycles. The summed E-state index contributed by atoms with van der Waals surface area (Å²) in [5.74, 6) is -1.48. The van der Waals surface area contributed by atoms with Gasteiger partial charge in [0.1, 0.15) is 5.69 Å². The van der Waals surface area contributed by atoms with Crippen LogP contribution in [0.4, 0.5) is 5.69 Å². The summed E-state index contributed by atoms with van der Waals surface area (Å²) in [4.78, 5) is 25.5. The first-order valence-corrected chi connectivity index (χ1v) is 6.34. The fourth-order valence-electron chi connectivity index (χ4n) is 1.62. The maximum absolute atomic E-state index is 12.0. The van der Waals surface area contributed by atoms with E-state index < -0.39 is 11.9 Å². The number of H-pyrrole nitrogens is 1. The number of aryl methyl sites for hydroxylation is 1. The van der Waals surface area contributed by atoms with Gasteiger partial charge in [-0.05, 0) is 31.2 Å². The molecule has 0 aliphatic carbocycles. The number of hydrogen-bond donors (Lipinski definition) is 3. The molecule has 0 spiro atoms. The first-order valence-electron chi connectivity index (χ1n) is 5.58. The van der Waals surface area contributed by atoms with Crippen LogP contribution in [0.1, 0.15) is 26.5 Å². The molecule has 20 heavy (non-hydrogen) atoms. The van der Waals surface area contributed by atoms with Gasteiger partial charge in [-0.15, -0.1) is 0 Å². The molecule has 1 amide bonds. The van der Waals surface area contributed by atoms with Gasteiger partial charge in [0.25, 0.3) is 5.91 Å². The van der Waals surface area contributed by atoms with Gasteiger partial charge in [0.05, 0.1) is 15.6 Å². The van der Waals surface area contributed by atoms with E-state index in [1.54, 1.807) is 6.92 Å². The number of hydrogen-bond acceptors (Lipinski definition) is 2. The second-order valence-corrected chi connectivity index (χ2v) is 4.85. The van der Waals surface area contributed by atoms with Crippen molar-refractivity contribution >= 4 is 40.8 Å². The third-order valence-electron chi connectivity index (χ3n) is 2.67. The Balaban J connectivity index is 2.19. The number of rotatable bonds is 3. The Labute approximate surface area is 124 Å². The number of aromatic carboxylic acids is 1.